The van der Waals surface area contributed by atoms with Crippen LogP contribution in [0.25, 0.3) is 0 Å². The lowest BCUT2D eigenvalue weighted by Gasteiger charge is -2.32. The molecule has 0 radical (unpaired) electrons. The molecule has 1 aromatic carbocycles. The highest BCUT2D eigenvalue weighted by molar-refractivity contribution is 8.00. The van der Waals surface area contributed by atoms with E-state index in [0.717, 1.165) is 18.3 Å². The van der Waals surface area contributed by atoms with Crippen molar-refractivity contribution in [2.75, 3.05) is 30.3 Å². The standard InChI is InChI=1S/C15H24N2S/c1-4-16-10-14-5-6-15(9-12(14)2)17-7-8-18-13(3)11-17/h5-6,9,13,16H,4,7-8,10-11H2,1-3H3. The minimum Gasteiger partial charge on any atom is -0.370 e. The van der Waals surface area contributed by atoms with E-state index in [1.165, 1.54) is 35.7 Å². The first kappa shape index (κ1) is 13.8. The number of hydrogen-bond acceptors (Lipinski definition) is 3. The van der Waals surface area contributed by atoms with Gasteiger partial charge in [-0.3, -0.25) is 0 Å². The molecule has 0 spiro atoms. The van der Waals surface area contributed by atoms with Gasteiger partial charge in [-0.15, -0.1) is 0 Å². The van der Waals surface area contributed by atoms with Crippen LogP contribution in [0.2, 0.25) is 0 Å². The summed E-state index contributed by atoms with van der Waals surface area (Å²) in [6, 6.07) is 6.90. The Kier molecular flexibility index (Phi) is 4.95. The Morgan fingerprint density at radius 2 is 2.28 bits per heavy atom. The van der Waals surface area contributed by atoms with Crippen molar-refractivity contribution in [3.05, 3.63) is 29.3 Å². The average Bonchev–Trinajstić information content (AvgIpc) is 2.37. The molecule has 1 N–H and O–H groups in total. The molecule has 1 aromatic rings. The summed E-state index contributed by atoms with van der Waals surface area (Å²) in [5.41, 5.74) is 4.21. The molecule has 0 amide bonds. The number of nitrogens with zero attached hydrogens (tertiary/aromatic N) is 1. The average molecular weight is 264 g/mol. The van der Waals surface area contributed by atoms with Gasteiger partial charge in [-0.1, -0.05) is 19.9 Å². The van der Waals surface area contributed by atoms with Gasteiger partial charge in [0, 0.05) is 36.3 Å². The van der Waals surface area contributed by atoms with Crippen molar-refractivity contribution in [1.29, 1.82) is 0 Å². The second-order valence-electron chi connectivity index (χ2n) is 5.02. The van der Waals surface area contributed by atoms with Crippen LogP contribution in [0.4, 0.5) is 5.69 Å². The fourth-order valence-corrected chi connectivity index (χ4v) is 3.40. The van der Waals surface area contributed by atoms with Crippen molar-refractivity contribution in [3.8, 4) is 0 Å². The van der Waals surface area contributed by atoms with Crippen molar-refractivity contribution in [2.24, 2.45) is 0 Å². The predicted molar refractivity (Wildman–Crippen MR) is 82.7 cm³/mol. The van der Waals surface area contributed by atoms with Crippen molar-refractivity contribution in [2.45, 2.75) is 32.6 Å². The van der Waals surface area contributed by atoms with E-state index in [1.807, 2.05) is 0 Å². The summed E-state index contributed by atoms with van der Waals surface area (Å²) < 4.78 is 0. The van der Waals surface area contributed by atoms with E-state index in [4.69, 9.17) is 0 Å². The molecule has 0 saturated carbocycles. The molecule has 1 atom stereocenters. The summed E-state index contributed by atoms with van der Waals surface area (Å²) in [6.07, 6.45) is 0. The molecular weight excluding hydrogens is 240 g/mol. The fraction of sp³-hybridized carbons (Fsp3) is 0.600. The van der Waals surface area contributed by atoms with Crippen LogP contribution in [0.3, 0.4) is 0 Å². The van der Waals surface area contributed by atoms with Gasteiger partial charge >= 0.3 is 0 Å². The minimum atomic E-state index is 0.750. The van der Waals surface area contributed by atoms with Crippen LogP contribution in [0.5, 0.6) is 0 Å². The highest BCUT2D eigenvalue weighted by Gasteiger charge is 2.17. The quantitative estimate of drug-likeness (QED) is 0.900. The molecule has 18 heavy (non-hydrogen) atoms. The van der Waals surface area contributed by atoms with Gasteiger partial charge < -0.3 is 10.2 Å². The molecule has 100 valence electrons. The molecule has 0 aromatic heterocycles. The highest BCUT2D eigenvalue weighted by Crippen LogP contribution is 2.25. The summed E-state index contributed by atoms with van der Waals surface area (Å²) in [4.78, 5) is 2.52. The van der Waals surface area contributed by atoms with Gasteiger partial charge in [0.1, 0.15) is 0 Å². The number of benzene rings is 1. The molecule has 1 aliphatic rings. The molecule has 1 aliphatic heterocycles. The summed E-state index contributed by atoms with van der Waals surface area (Å²) >= 11 is 2.08. The van der Waals surface area contributed by atoms with Gasteiger partial charge in [0.15, 0.2) is 0 Å². The number of hydrogen-bond donors (Lipinski definition) is 1. The molecule has 2 rings (SSSR count). The highest BCUT2D eigenvalue weighted by atomic mass is 32.2. The van der Waals surface area contributed by atoms with Crippen LogP contribution in [0.1, 0.15) is 25.0 Å². The number of rotatable bonds is 4. The Balaban J connectivity index is 2.07. The maximum Gasteiger partial charge on any atom is 0.0369 e. The van der Waals surface area contributed by atoms with E-state index in [1.54, 1.807) is 0 Å². The first-order valence-electron chi connectivity index (χ1n) is 6.87. The Hall–Kier alpha value is -0.670. The largest absolute Gasteiger partial charge is 0.370 e. The minimum absolute atomic E-state index is 0.750. The number of anilines is 1. The SMILES string of the molecule is CCNCc1ccc(N2CCSC(C)C2)cc1C. The first-order valence-corrected chi connectivity index (χ1v) is 7.92. The zero-order valence-corrected chi connectivity index (χ0v) is 12.5. The maximum absolute atomic E-state index is 3.39. The van der Waals surface area contributed by atoms with Crippen LogP contribution in [0.15, 0.2) is 18.2 Å². The van der Waals surface area contributed by atoms with Gasteiger partial charge in [-0.2, -0.15) is 11.8 Å². The van der Waals surface area contributed by atoms with E-state index in [9.17, 15) is 0 Å². The lowest BCUT2D eigenvalue weighted by atomic mass is 10.1. The van der Waals surface area contributed by atoms with E-state index >= 15 is 0 Å². The van der Waals surface area contributed by atoms with Gasteiger partial charge in [0.2, 0.25) is 0 Å². The van der Waals surface area contributed by atoms with Crippen LogP contribution < -0.4 is 10.2 Å². The van der Waals surface area contributed by atoms with E-state index in [2.05, 4.69) is 60.9 Å². The van der Waals surface area contributed by atoms with E-state index in [-0.39, 0.29) is 0 Å². The van der Waals surface area contributed by atoms with Gasteiger partial charge in [-0.25, -0.2) is 0 Å². The third-order valence-electron chi connectivity index (χ3n) is 3.50. The monoisotopic (exact) mass is 264 g/mol. The predicted octanol–water partition coefficient (Wildman–Crippen LogP) is 3.05. The lowest BCUT2D eigenvalue weighted by Crippen LogP contribution is -2.36. The van der Waals surface area contributed by atoms with Gasteiger partial charge in [0.25, 0.3) is 0 Å². The molecule has 0 aliphatic carbocycles. The van der Waals surface area contributed by atoms with Crippen molar-refractivity contribution < 1.29 is 0 Å². The smallest absolute Gasteiger partial charge is 0.0369 e. The number of nitrogens with one attached hydrogen (secondary N) is 1. The van der Waals surface area contributed by atoms with Crippen LogP contribution in [-0.4, -0.2) is 30.6 Å². The molecular formula is C15H24N2S. The normalized spacial score (nSPS) is 20.2. The number of aryl methyl sites for hydroxylation is 1. The van der Waals surface area contributed by atoms with Crippen molar-refractivity contribution >= 4 is 17.4 Å². The molecule has 2 nitrogen and oxygen atoms in total. The molecule has 0 bridgehead atoms. The molecule has 1 fully saturated rings. The lowest BCUT2D eigenvalue weighted by molar-refractivity contribution is 0.722. The van der Waals surface area contributed by atoms with E-state index in [0.29, 0.717) is 0 Å². The molecule has 3 heteroatoms. The van der Waals surface area contributed by atoms with Crippen LogP contribution >= 0.6 is 11.8 Å². The molecule has 1 saturated heterocycles. The summed E-state index contributed by atoms with van der Waals surface area (Å²) in [7, 11) is 0. The fourth-order valence-electron chi connectivity index (χ4n) is 2.39. The Bertz CT molecular complexity index is 392. The second-order valence-corrected chi connectivity index (χ2v) is 6.56. The number of thioether (sulfide) groups is 1. The van der Waals surface area contributed by atoms with Gasteiger partial charge in [-0.05, 0) is 36.7 Å². The zero-order chi connectivity index (χ0) is 13.0. The molecule has 1 heterocycles. The topological polar surface area (TPSA) is 15.3 Å². The molecule has 1 unspecified atom stereocenters. The van der Waals surface area contributed by atoms with Crippen LogP contribution in [0, 0.1) is 6.92 Å². The van der Waals surface area contributed by atoms with Crippen LogP contribution in [-0.2, 0) is 6.54 Å². The van der Waals surface area contributed by atoms with E-state index < -0.39 is 0 Å². The van der Waals surface area contributed by atoms with Crippen molar-refractivity contribution in [3.63, 3.8) is 0 Å². The van der Waals surface area contributed by atoms with Gasteiger partial charge in [0.05, 0.1) is 0 Å². The second kappa shape index (κ2) is 6.48. The summed E-state index contributed by atoms with van der Waals surface area (Å²) in [6.45, 7) is 11.1. The maximum atomic E-state index is 3.39. The Morgan fingerprint density at radius 3 is 2.94 bits per heavy atom. The van der Waals surface area contributed by atoms with Crippen molar-refractivity contribution in [1.82, 2.24) is 5.32 Å². The summed E-state index contributed by atoms with van der Waals surface area (Å²) in [5.74, 6) is 1.25. The Morgan fingerprint density at radius 1 is 1.44 bits per heavy atom. The third kappa shape index (κ3) is 3.42. The summed E-state index contributed by atoms with van der Waals surface area (Å²) in [5, 5.41) is 4.14. The third-order valence-corrected chi connectivity index (χ3v) is 4.63. The Labute approximate surface area is 115 Å². The zero-order valence-electron chi connectivity index (χ0n) is 11.7. The first-order chi connectivity index (χ1) is 8.70.